The number of Topliss-reactive ketones (excluding diaryl/α,β-unsaturated/α-hetero) is 1. The molecule has 88 valence electrons. The molecule has 1 atom stereocenters. The summed E-state index contributed by atoms with van der Waals surface area (Å²) < 4.78 is 0. The number of oxime groups is 1. The van der Waals surface area contributed by atoms with Gasteiger partial charge in [0.05, 0.1) is 11.3 Å². The van der Waals surface area contributed by atoms with Crippen molar-refractivity contribution in [2.24, 2.45) is 11.1 Å². The first-order chi connectivity index (χ1) is 7.43. The minimum atomic E-state index is -0.559. The molecule has 16 heavy (non-hydrogen) atoms. The predicted octanol–water partition coefficient (Wildman–Crippen LogP) is 1.74. The first kappa shape index (κ1) is 12.4. The minimum Gasteiger partial charge on any atom is -0.511 e. The summed E-state index contributed by atoms with van der Waals surface area (Å²) in [7, 11) is 0. The molecule has 0 bridgehead atoms. The highest BCUT2D eigenvalue weighted by Crippen LogP contribution is 2.26. The van der Waals surface area contributed by atoms with Crippen molar-refractivity contribution in [3.63, 3.8) is 0 Å². The average molecular weight is 225 g/mol. The molecule has 0 saturated carbocycles. The molecule has 5 heteroatoms. The molecule has 0 heterocycles. The van der Waals surface area contributed by atoms with E-state index < -0.39 is 5.97 Å². The standard InChI is InChI=1S/C11H15NO4/c1-6-4-5-9(14)10(11(6)15)7(2)12-16-8(3)13/h6,15H,4-5H2,1-3H3. The molecule has 0 aliphatic heterocycles. The van der Waals surface area contributed by atoms with Crippen LogP contribution in [0.4, 0.5) is 0 Å². The number of ketones is 1. The van der Waals surface area contributed by atoms with E-state index in [1.54, 1.807) is 0 Å². The molecule has 1 rings (SSSR count). The lowest BCUT2D eigenvalue weighted by atomic mass is 9.87. The fourth-order valence-electron chi connectivity index (χ4n) is 1.56. The SMILES string of the molecule is CC(=O)ON=C(C)C1=C(O)C(C)CCC1=O. The maximum absolute atomic E-state index is 11.6. The van der Waals surface area contributed by atoms with Crippen LogP contribution in [0.5, 0.6) is 0 Å². The van der Waals surface area contributed by atoms with Crippen LogP contribution in [0.25, 0.3) is 0 Å². The third-order valence-electron chi connectivity index (χ3n) is 2.48. The third-order valence-corrected chi connectivity index (χ3v) is 2.48. The van der Waals surface area contributed by atoms with Crippen molar-refractivity contribution < 1.29 is 19.5 Å². The van der Waals surface area contributed by atoms with Gasteiger partial charge in [-0.25, -0.2) is 4.79 Å². The Bertz CT molecular complexity index is 381. The summed E-state index contributed by atoms with van der Waals surface area (Å²) in [6.07, 6.45) is 1.02. The monoisotopic (exact) mass is 225 g/mol. The van der Waals surface area contributed by atoms with Crippen LogP contribution >= 0.6 is 0 Å². The number of hydrogen-bond donors (Lipinski definition) is 1. The lowest BCUT2D eigenvalue weighted by Crippen LogP contribution is -2.22. The molecule has 0 aromatic carbocycles. The molecule has 0 radical (unpaired) electrons. The van der Waals surface area contributed by atoms with Crippen LogP contribution in [-0.4, -0.2) is 22.6 Å². The van der Waals surface area contributed by atoms with Crippen LogP contribution in [0, 0.1) is 5.92 Å². The van der Waals surface area contributed by atoms with Gasteiger partial charge in [0.25, 0.3) is 0 Å². The van der Waals surface area contributed by atoms with E-state index in [0.717, 1.165) is 0 Å². The smallest absolute Gasteiger partial charge is 0.331 e. The van der Waals surface area contributed by atoms with Crippen LogP contribution in [0.3, 0.4) is 0 Å². The summed E-state index contributed by atoms with van der Waals surface area (Å²) in [6.45, 7) is 4.58. The molecule has 0 amide bonds. The second-order valence-corrected chi connectivity index (χ2v) is 3.88. The first-order valence-corrected chi connectivity index (χ1v) is 5.12. The summed E-state index contributed by atoms with van der Waals surface area (Å²) in [5.74, 6) is -0.750. The van der Waals surface area contributed by atoms with E-state index in [1.165, 1.54) is 13.8 Å². The van der Waals surface area contributed by atoms with E-state index in [0.29, 0.717) is 12.8 Å². The van der Waals surface area contributed by atoms with Gasteiger partial charge in [-0.1, -0.05) is 12.1 Å². The van der Waals surface area contributed by atoms with Crippen LogP contribution in [0.2, 0.25) is 0 Å². The third kappa shape index (κ3) is 2.68. The van der Waals surface area contributed by atoms with Gasteiger partial charge in [-0.05, 0) is 13.3 Å². The van der Waals surface area contributed by atoms with Gasteiger partial charge < -0.3 is 9.94 Å². The van der Waals surface area contributed by atoms with Crippen molar-refractivity contribution >= 4 is 17.5 Å². The predicted molar refractivity (Wildman–Crippen MR) is 57.9 cm³/mol. The molecule has 1 unspecified atom stereocenters. The van der Waals surface area contributed by atoms with Crippen LogP contribution in [0.15, 0.2) is 16.5 Å². The zero-order valence-corrected chi connectivity index (χ0v) is 9.61. The number of hydrogen-bond acceptors (Lipinski definition) is 5. The number of nitrogens with zero attached hydrogens (tertiary/aromatic N) is 1. The van der Waals surface area contributed by atoms with E-state index in [9.17, 15) is 14.7 Å². The molecular weight excluding hydrogens is 210 g/mol. The summed E-state index contributed by atoms with van der Waals surface area (Å²) in [5.41, 5.74) is 0.421. The molecule has 1 aliphatic rings. The van der Waals surface area contributed by atoms with Gasteiger partial charge in [0, 0.05) is 19.3 Å². The lowest BCUT2D eigenvalue weighted by Gasteiger charge is -2.20. The molecule has 0 spiro atoms. The number of aliphatic hydroxyl groups is 1. The minimum absolute atomic E-state index is 0.0321. The van der Waals surface area contributed by atoms with E-state index in [1.807, 2.05) is 6.92 Å². The second kappa shape index (κ2) is 4.92. The van der Waals surface area contributed by atoms with E-state index >= 15 is 0 Å². The Kier molecular flexibility index (Phi) is 3.82. The van der Waals surface area contributed by atoms with Gasteiger partial charge in [-0.2, -0.15) is 0 Å². The van der Waals surface area contributed by atoms with Gasteiger partial charge in [-0.3, -0.25) is 4.79 Å². The largest absolute Gasteiger partial charge is 0.511 e. The Morgan fingerprint density at radius 3 is 2.69 bits per heavy atom. The highest BCUT2D eigenvalue weighted by molar-refractivity contribution is 6.22. The summed E-state index contributed by atoms with van der Waals surface area (Å²) in [4.78, 5) is 26.6. The van der Waals surface area contributed by atoms with Crippen molar-refractivity contribution in [3.8, 4) is 0 Å². The van der Waals surface area contributed by atoms with Crippen LogP contribution < -0.4 is 0 Å². The Morgan fingerprint density at radius 1 is 1.50 bits per heavy atom. The number of rotatable bonds is 2. The number of allylic oxidation sites excluding steroid dienone is 2. The molecule has 1 aliphatic carbocycles. The molecule has 0 saturated heterocycles. The summed E-state index contributed by atoms with van der Waals surface area (Å²) in [5, 5.41) is 13.3. The molecule has 0 fully saturated rings. The Morgan fingerprint density at radius 2 is 2.12 bits per heavy atom. The number of carbonyl (C=O) groups is 2. The van der Waals surface area contributed by atoms with Gasteiger partial charge in [0.2, 0.25) is 0 Å². The Balaban J connectivity index is 2.99. The molecule has 1 N–H and O–H groups in total. The Labute approximate surface area is 93.8 Å². The van der Waals surface area contributed by atoms with Gasteiger partial charge in [0.1, 0.15) is 5.76 Å². The fourth-order valence-corrected chi connectivity index (χ4v) is 1.56. The van der Waals surface area contributed by atoms with E-state index in [-0.39, 0.29) is 28.7 Å². The molecule has 5 nitrogen and oxygen atoms in total. The van der Waals surface area contributed by atoms with Crippen molar-refractivity contribution in [3.05, 3.63) is 11.3 Å². The van der Waals surface area contributed by atoms with Crippen molar-refractivity contribution in [1.29, 1.82) is 0 Å². The molecule has 0 aromatic heterocycles. The maximum atomic E-state index is 11.6. The van der Waals surface area contributed by atoms with Crippen LogP contribution in [0.1, 0.15) is 33.6 Å². The normalized spacial score (nSPS) is 22.3. The van der Waals surface area contributed by atoms with Crippen molar-refractivity contribution in [2.45, 2.75) is 33.6 Å². The second-order valence-electron chi connectivity index (χ2n) is 3.88. The first-order valence-electron chi connectivity index (χ1n) is 5.12. The average Bonchev–Trinajstić information content (AvgIpc) is 2.21. The lowest BCUT2D eigenvalue weighted by molar-refractivity contribution is -0.141. The van der Waals surface area contributed by atoms with Crippen molar-refractivity contribution in [2.75, 3.05) is 0 Å². The fraction of sp³-hybridized carbons (Fsp3) is 0.545. The van der Waals surface area contributed by atoms with Gasteiger partial charge >= 0.3 is 5.97 Å². The zero-order chi connectivity index (χ0) is 12.3. The van der Waals surface area contributed by atoms with Gasteiger partial charge in [0.15, 0.2) is 5.78 Å². The van der Waals surface area contributed by atoms with E-state index in [4.69, 9.17) is 0 Å². The summed E-state index contributed by atoms with van der Waals surface area (Å²) >= 11 is 0. The Hall–Kier alpha value is -1.65. The van der Waals surface area contributed by atoms with Crippen molar-refractivity contribution in [1.82, 2.24) is 0 Å². The number of aliphatic hydroxyl groups excluding tert-OH is 1. The molecular formula is C11H15NO4. The summed E-state index contributed by atoms with van der Waals surface area (Å²) in [6, 6.07) is 0. The van der Waals surface area contributed by atoms with Crippen LogP contribution in [-0.2, 0) is 14.4 Å². The zero-order valence-electron chi connectivity index (χ0n) is 9.61. The highest BCUT2D eigenvalue weighted by atomic mass is 16.7. The molecule has 0 aromatic rings. The van der Waals surface area contributed by atoms with Gasteiger partial charge in [-0.15, -0.1) is 0 Å². The highest BCUT2D eigenvalue weighted by Gasteiger charge is 2.27. The number of carbonyl (C=O) groups excluding carboxylic acids is 2. The topological polar surface area (TPSA) is 76.0 Å². The quantitative estimate of drug-likeness (QED) is 0.441. The van der Waals surface area contributed by atoms with E-state index in [2.05, 4.69) is 9.99 Å². The maximum Gasteiger partial charge on any atom is 0.331 e.